The van der Waals surface area contributed by atoms with Gasteiger partial charge in [0.05, 0.1) is 5.56 Å². The molecule has 1 heterocycles. The fourth-order valence-corrected chi connectivity index (χ4v) is 2.14. The standard InChI is InChI=1S/C13H17NO2/c1-2-3-6-14-8-11-5-4-10(13(15)16)7-12(11)9-14/h4-5,7H,2-3,6,8-9H2,1H3,(H,15,16). The van der Waals surface area contributed by atoms with Gasteiger partial charge in [-0.1, -0.05) is 19.4 Å². The van der Waals surface area contributed by atoms with Crippen LogP contribution in [0.15, 0.2) is 18.2 Å². The second-order valence-electron chi connectivity index (χ2n) is 4.35. The highest BCUT2D eigenvalue weighted by Crippen LogP contribution is 2.24. The molecule has 0 unspecified atom stereocenters. The van der Waals surface area contributed by atoms with Crippen molar-refractivity contribution in [3.8, 4) is 0 Å². The van der Waals surface area contributed by atoms with Crippen LogP contribution in [0.5, 0.6) is 0 Å². The molecule has 3 heteroatoms. The van der Waals surface area contributed by atoms with Crippen LogP contribution in [0, 0.1) is 0 Å². The van der Waals surface area contributed by atoms with E-state index in [0.717, 1.165) is 19.6 Å². The lowest BCUT2D eigenvalue weighted by Gasteiger charge is -2.13. The Kier molecular flexibility index (Phi) is 3.25. The third kappa shape index (κ3) is 2.25. The van der Waals surface area contributed by atoms with Crippen molar-refractivity contribution in [3.05, 3.63) is 34.9 Å². The van der Waals surface area contributed by atoms with Gasteiger partial charge in [-0.2, -0.15) is 0 Å². The Morgan fingerprint density at radius 3 is 2.81 bits per heavy atom. The molecule has 0 atom stereocenters. The van der Waals surface area contributed by atoms with Crippen LogP contribution < -0.4 is 0 Å². The van der Waals surface area contributed by atoms with Crippen LogP contribution in [-0.4, -0.2) is 22.5 Å². The summed E-state index contributed by atoms with van der Waals surface area (Å²) >= 11 is 0. The van der Waals surface area contributed by atoms with E-state index >= 15 is 0 Å². The predicted molar refractivity (Wildman–Crippen MR) is 62.4 cm³/mol. The predicted octanol–water partition coefficient (Wildman–Crippen LogP) is 2.50. The molecule has 0 fully saturated rings. The lowest BCUT2D eigenvalue weighted by atomic mass is 10.1. The quantitative estimate of drug-likeness (QED) is 0.845. The maximum absolute atomic E-state index is 10.8. The van der Waals surface area contributed by atoms with Gasteiger partial charge in [0, 0.05) is 13.1 Å². The Morgan fingerprint density at radius 1 is 1.38 bits per heavy atom. The highest BCUT2D eigenvalue weighted by molar-refractivity contribution is 5.87. The van der Waals surface area contributed by atoms with Crippen LogP contribution in [0.2, 0.25) is 0 Å². The van der Waals surface area contributed by atoms with Gasteiger partial charge in [0.25, 0.3) is 0 Å². The maximum atomic E-state index is 10.8. The summed E-state index contributed by atoms with van der Waals surface area (Å²) in [6, 6.07) is 5.46. The number of hydrogen-bond acceptors (Lipinski definition) is 2. The molecule has 0 radical (unpaired) electrons. The molecule has 1 aromatic rings. The number of fused-ring (bicyclic) bond motifs is 1. The number of rotatable bonds is 4. The normalized spacial score (nSPS) is 15.1. The highest BCUT2D eigenvalue weighted by Gasteiger charge is 2.19. The van der Waals surface area contributed by atoms with Crippen molar-refractivity contribution in [2.75, 3.05) is 6.54 Å². The van der Waals surface area contributed by atoms with Crippen molar-refractivity contribution in [2.24, 2.45) is 0 Å². The largest absolute Gasteiger partial charge is 0.478 e. The van der Waals surface area contributed by atoms with Crippen LogP contribution in [0.25, 0.3) is 0 Å². The van der Waals surface area contributed by atoms with Crippen LogP contribution >= 0.6 is 0 Å². The summed E-state index contributed by atoms with van der Waals surface area (Å²) in [7, 11) is 0. The fourth-order valence-electron chi connectivity index (χ4n) is 2.14. The van der Waals surface area contributed by atoms with Crippen LogP contribution in [-0.2, 0) is 13.1 Å². The average Bonchev–Trinajstić information content (AvgIpc) is 2.67. The molecule has 1 aromatic carbocycles. The smallest absolute Gasteiger partial charge is 0.335 e. The van der Waals surface area contributed by atoms with E-state index < -0.39 is 5.97 Å². The van der Waals surface area contributed by atoms with Gasteiger partial charge in [-0.05, 0) is 36.2 Å². The first-order valence-corrected chi connectivity index (χ1v) is 5.78. The Hall–Kier alpha value is -1.35. The van der Waals surface area contributed by atoms with E-state index in [2.05, 4.69) is 11.8 Å². The minimum atomic E-state index is -0.838. The molecule has 0 saturated carbocycles. The zero-order chi connectivity index (χ0) is 11.5. The lowest BCUT2D eigenvalue weighted by Crippen LogP contribution is -2.17. The van der Waals surface area contributed by atoms with Gasteiger partial charge < -0.3 is 5.11 Å². The fraction of sp³-hybridized carbons (Fsp3) is 0.462. The van der Waals surface area contributed by atoms with Gasteiger partial charge in [0.1, 0.15) is 0 Å². The Morgan fingerprint density at radius 2 is 2.12 bits per heavy atom. The summed E-state index contributed by atoms with van der Waals surface area (Å²) in [5, 5.41) is 8.91. The summed E-state index contributed by atoms with van der Waals surface area (Å²) in [5.41, 5.74) is 2.85. The van der Waals surface area contributed by atoms with Crippen molar-refractivity contribution in [2.45, 2.75) is 32.9 Å². The SMILES string of the molecule is CCCCN1Cc2ccc(C(=O)O)cc2C1. The Labute approximate surface area is 95.7 Å². The van der Waals surface area contributed by atoms with E-state index in [1.165, 1.54) is 24.0 Å². The first-order valence-electron chi connectivity index (χ1n) is 5.78. The molecular weight excluding hydrogens is 202 g/mol. The van der Waals surface area contributed by atoms with E-state index in [1.54, 1.807) is 6.07 Å². The lowest BCUT2D eigenvalue weighted by molar-refractivity contribution is 0.0697. The van der Waals surface area contributed by atoms with Crippen molar-refractivity contribution >= 4 is 5.97 Å². The average molecular weight is 219 g/mol. The third-order valence-electron chi connectivity index (χ3n) is 3.07. The molecule has 1 N–H and O–H groups in total. The van der Waals surface area contributed by atoms with Gasteiger partial charge in [0.2, 0.25) is 0 Å². The molecule has 0 aliphatic carbocycles. The van der Waals surface area contributed by atoms with Crippen LogP contribution in [0.1, 0.15) is 41.3 Å². The number of nitrogens with zero attached hydrogens (tertiary/aromatic N) is 1. The summed E-state index contributed by atoms with van der Waals surface area (Å²) in [6.07, 6.45) is 2.41. The van der Waals surface area contributed by atoms with E-state index in [0.29, 0.717) is 5.56 Å². The topological polar surface area (TPSA) is 40.5 Å². The number of hydrogen-bond donors (Lipinski definition) is 1. The highest BCUT2D eigenvalue weighted by atomic mass is 16.4. The molecule has 3 nitrogen and oxygen atoms in total. The minimum absolute atomic E-state index is 0.399. The van der Waals surface area contributed by atoms with E-state index in [4.69, 9.17) is 5.11 Å². The zero-order valence-corrected chi connectivity index (χ0v) is 9.57. The molecule has 86 valence electrons. The Balaban J connectivity index is 2.09. The van der Waals surface area contributed by atoms with Gasteiger partial charge in [-0.15, -0.1) is 0 Å². The number of benzene rings is 1. The summed E-state index contributed by atoms with van der Waals surface area (Å²) in [6.45, 7) is 5.16. The van der Waals surface area contributed by atoms with Crippen LogP contribution in [0.3, 0.4) is 0 Å². The number of carbonyl (C=O) groups is 1. The minimum Gasteiger partial charge on any atom is -0.478 e. The van der Waals surface area contributed by atoms with Gasteiger partial charge in [-0.3, -0.25) is 4.90 Å². The van der Waals surface area contributed by atoms with Crippen molar-refractivity contribution in [3.63, 3.8) is 0 Å². The molecule has 0 amide bonds. The van der Waals surface area contributed by atoms with E-state index in [-0.39, 0.29) is 0 Å². The van der Waals surface area contributed by atoms with Crippen LogP contribution in [0.4, 0.5) is 0 Å². The van der Waals surface area contributed by atoms with E-state index in [1.807, 2.05) is 12.1 Å². The van der Waals surface area contributed by atoms with Gasteiger partial charge in [0.15, 0.2) is 0 Å². The number of carboxylic acids is 1. The number of aromatic carboxylic acids is 1. The monoisotopic (exact) mass is 219 g/mol. The van der Waals surface area contributed by atoms with Gasteiger partial charge in [-0.25, -0.2) is 4.79 Å². The molecule has 2 rings (SSSR count). The van der Waals surface area contributed by atoms with Crippen molar-refractivity contribution < 1.29 is 9.90 Å². The summed E-state index contributed by atoms with van der Waals surface area (Å²) < 4.78 is 0. The van der Waals surface area contributed by atoms with Gasteiger partial charge >= 0.3 is 5.97 Å². The zero-order valence-electron chi connectivity index (χ0n) is 9.57. The van der Waals surface area contributed by atoms with E-state index in [9.17, 15) is 4.79 Å². The second-order valence-corrected chi connectivity index (χ2v) is 4.35. The molecule has 0 saturated heterocycles. The van der Waals surface area contributed by atoms with Crippen molar-refractivity contribution in [1.82, 2.24) is 4.90 Å². The molecular formula is C13H17NO2. The maximum Gasteiger partial charge on any atom is 0.335 e. The molecule has 1 aliphatic rings. The molecule has 0 bridgehead atoms. The first-order chi connectivity index (χ1) is 7.70. The molecule has 1 aliphatic heterocycles. The number of carboxylic acid groups (broad SMARTS) is 1. The summed E-state index contributed by atoms with van der Waals surface area (Å²) in [4.78, 5) is 13.2. The van der Waals surface area contributed by atoms with Crippen molar-refractivity contribution in [1.29, 1.82) is 0 Å². The molecule has 16 heavy (non-hydrogen) atoms. The third-order valence-corrected chi connectivity index (χ3v) is 3.07. The first kappa shape index (κ1) is 11.1. The Bertz CT molecular complexity index is 401. The molecule has 0 spiro atoms. The second kappa shape index (κ2) is 4.66. The molecule has 0 aromatic heterocycles. The summed E-state index contributed by atoms with van der Waals surface area (Å²) in [5.74, 6) is -0.838. The number of unbranched alkanes of at least 4 members (excludes halogenated alkanes) is 1.